The summed E-state index contributed by atoms with van der Waals surface area (Å²) in [6, 6.07) is 4.41. The Kier molecular flexibility index (Phi) is 7.06. The zero-order valence-electron chi connectivity index (χ0n) is 22.1. The van der Waals surface area contributed by atoms with Crippen LogP contribution in [-0.4, -0.2) is 53.8 Å². The van der Waals surface area contributed by atoms with Gasteiger partial charge in [-0.15, -0.1) is 0 Å². The fourth-order valence-corrected chi connectivity index (χ4v) is 6.13. The summed E-state index contributed by atoms with van der Waals surface area (Å²) < 4.78 is 48.6. The van der Waals surface area contributed by atoms with E-state index in [1.807, 2.05) is 13.8 Å². The second-order valence-electron chi connectivity index (χ2n) is 11.6. The Balaban J connectivity index is 1.44. The van der Waals surface area contributed by atoms with Crippen molar-refractivity contribution in [2.75, 3.05) is 32.1 Å². The molecule has 2 N–H and O–H groups in total. The zero-order chi connectivity index (χ0) is 27.4. The van der Waals surface area contributed by atoms with Crippen LogP contribution >= 0.6 is 0 Å². The van der Waals surface area contributed by atoms with Crippen molar-refractivity contribution in [3.8, 4) is 0 Å². The largest absolute Gasteiger partial charge is 0.381 e. The average Bonchev–Trinajstić information content (AvgIpc) is 3.27. The third-order valence-electron chi connectivity index (χ3n) is 8.20. The number of fused-ring (bicyclic) bond motifs is 1. The zero-order valence-corrected chi connectivity index (χ0v) is 22.1. The number of ether oxygens (including phenoxy) is 1. The number of benzene rings is 1. The maximum Gasteiger partial charge on any atom is 0.266 e. The molecule has 0 bridgehead atoms. The molecule has 1 amide bonds. The SMILES string of the molecule is C[C@@H](NC(=O)c1cn(C2CCOC(C)(C)C2)c(=O)cc1N[C@H]1[C@@H]2CN(C)C[C@@H]21)c1cccc(C(F)F)c1F. The van der Waals surface area contributed by atoms with Gasteiger partial charge in [-0.05, 0) is 52.5 Å². The van der Waals surface area contributed by atoms with Gasteiger partial charge in [0, 0.05) is 49.6 Å². The number of nitrogens with one attached hydrogen (secondary N) is 2. The van der Waals surface area contributed by atoms with Crippen LogP contribution in [0.4, 0.5) is 18.9 Å². The standard InChI is InChI=1S/C28H35F3N4O3/c1-15(17-6-5-7-18(24(17)29)26(30)31)32-27(37)21-14-35(16-8-9-38-28(2,3)11-16)23(36)10-22(21)33-25-19-12-34(4)13-20(19)25/h5-7,10,14-16,19-20,25-26,33H,8-9,11-13H2,1-4H3,(H,32,37)/t15-,16?,19-,20+,25+/m1/s1. The third-order valence-corrected chi connectivity index (χ3v) is 8.20. The van der Waals surface area contributed by atoms with Gasteiger partial charge in [-0.3, -0.25) is 9.59 Å². The molecule has 1 aromatic carbocycles. The van der Waals surface area contributed by atoms with E-state index in [2.05, 4.69) is 22.6 Å². The Morgan fingerprint density at radius 1 is 1.18 bits per heavy atom. The van der Waals surface area contributed by atoms with Gasteiger partial charge in [-0.1, -0.05) is 18.2 Å². The van der Waals surface area contributed by atoms with Gasteiger partial charge in [-0.2, -0.15) is 0 Å². The van der Waals surface area contributed by atoms with Gasteiger partial charge in [0.05, 0.1) is 28.5 Å². The Morgan fingerprint density at radius 2 is 1.87 bits per heavy atom. The predicted molar refractivity (Wildman–Crippen MR) is 138 cm³/mol. The van der Waals surface area contributed by atoms with E-state index in [9.17, 15) is 22.8 Å². The summed E-state index contributed by atoms with van der Waals surface area (Å²) in [6.45, 7) is 7.91. The first kappa shape index (κ1) is 26.7. The quantitative estimate of drug-likeness (QED) is 0.549. The van der Waals surface area contributed by atoms with Crippen molar-refractivity contribution in [3.63, 3.8) is 0 Å². The Bertz CT molecular complexity index is 1270. The molecule has 206 valence electrons. The topological polar surface area (TPSA) is 75.6 Å². The second-order valence-corrected chi connectivity index (χ2v) is 11.6. The van der Waals surface area contributed by atoms with Crippen LogP contribution in [-0.2, 0) is 4.74 Å². The number of carbonyl (C=O) groups excluding carboxylic acids is 1. The van der Waals surface area contributed by atoms with Crippen LogP contribution in [0.3, 0.4) is 0 Å². The molecule has 10 heteroatoms. The van der Waals surface area contributed by atoms with Crippen LogP contribution < -0.4 is 16.2 Å². The minimum atomic E-state index is -2.96. The van der Waals surface area contributed by atoms with E-state index in [1.165, 1.54) is 18.2 Å². The summed E-state index contributed by atoms with van der Waals surface area (Å²) in [5.41, 5.74) is -0.633. The van der Waals surface area contributed by atoms with Crippen molar-refractivity contribution in [3.05, 3.63) is 63.3 Å². The second kappa shape index (κ2) is 10.0. The molecule has 7 nitrogen and oxygen atoms in total. The van der Waals surface area contributed by atoms with Crippen LogP contribution in [0.15, 0.2) is 35.3 Å². The molecule has 1 saturated carbocycles. The van der Waals surface area contributed by atoms with Crippen molar-refractivity contribution < 1.29 is 22.7 Å². The fraction of sp³-hybridized carbons (Fsp3) is 0.571. The summed E-state index contributed by atoms with van der Waals surface area (Å²) in [4.78, 5) is 29.1. The van der Waals surface area contributed by atoms with Gasteiger partial charge in [0.15, 0.2) is 0 Å². The van der Waals surface area contributed by atoms with Crippen molar-refractivity contribution in [1.29, 1.82) is 0 Å². The maximum absolute atomic E-state index is 14.8. The van der Waals surface area contributed by atoms with Crippen LogP contribution in [0.2, 0.25) is 0 Å². The summed E-state index contributed by atoms with van der Waals surface area (Å²) >= 11 is 0. The van der Waals surface area contributed by atoms with Gasteiger partial charge in [0.2, 0.25) is 0 Å². The van der Waals surface area contributed by atoms with Gasteiger partial charge in [0.1, 0.15) is 5.82 Å². The number of rotatable bonds is 7. The van der Waals surface area contributed by atoms with E-state index < -0.39 is 35.4 Å². The fourth-order valence-electron chi connectivity index (χ4n) is 6.13. The predicted octanol–water partition coefficient (Wildman–Crippen LogP) is 4.52. The lowest BCUT2D eigenvalue weighted by Crippen LogP contribution is -2.39. The van der Waals surface area contributed by atoms with Gasteiger partial charge in [0.25, 0.3) is 17.9 Å². The summed E-state index contributed by atoms with van der Waals surface area (Å²) in [7, 11) is 2.07. The van der Waals surface area contributed by atoms with Crippen LogP contribution in [0.5, 0.6) is 0 Å². The van der Waals surface area contributed by atoms with Gasteiger partial charge in [-0.25, -0.2) is 13.2 Å². The molecule has 3 aliphatic rings. The molecule has 0 radical (unpaired) electrons. The number of anilines is 1. The van der Waals surface area contributed by atoms with E-state index in [0.29, 0.717) is 37.0 Å². The Hall–Kier alpha value is -2.85. The van der Waals surface area contributed by atoms with Crippen LogP contribution in [0.1, 0.15) is 73.6 Å². The molecule has 3 heterocycles. The summed E-state index contributed by atoms with van der Waals surface area (Å²) in [6.07, 6.45) is -0.132. The van der Waals surface area contributed by atoms with E-state index in [-0.39, 0.29) is 28.8 Å². The normalized spacial score (nSPS) is 27.2. The molecule has 38 heavy (non-hydrogen) atoms. The number of hydrogen-bond donors (Lipinski definition) is 2. The monoisotopic (exact) mass is 532 g/mol. The lowest BCUT2D eigenvalue weighted by molar-refractivity contribution is -0.0695. The number of likely N-dealkylation sites (tertiary alicyclic amines) is 1. The number of piperidine rings is 1. The highest BCUT2D eigenvalue weighted by atomic mass is 19.3. The van der Waals surface area contributed by atoms with Crippen molar-refractivity contribution in [1.82, 2.24) is 14.8 Å². The smallest absolute Gasteiger partial charge is 0.266 e. The molecule has 3 fully saturated rings. The molecule has 1 aliphatic carbocycles. The minimum absolute atomic E-state index is 0.0232. The Morgan fingerprint density at radius 3 is 2.53 bits per heavy atom. The van der Waals surface area contributed by atoms with Gasteiger partial charge >= 0.3 is 0 Å². The first-order chi connectivity index (χ1) is 17.9. The van der Waals surface area contributed by atoms with E-state index in [0.717, 1.165) is 19.2 Å². The number of hydrogen-bond acceptors (Lipinski definition) is 5. The first-order valence-corrected chi connectivity index (χ1v) is 13.2. The maximum atomic E-state index is 14.8. The molecule has 5 atom stereocenters. The highest BCUT2D eigenvalue weighted by Gasteiger charge is 2.55. The highest BCUT2D eigenvalue weighted by Crippen LogP contribution is 2.47. The molecular weight excluding hydrogens is 497 g/mol. The molecule has 2 aliphatic heterocycles. The minimum Gasteiger partial charge on any atom is -0.381 e. The summed E-state index contributed by atoms with van der Waals surface area (Å²) in [5, 5.41) is 6.19. The number of halogens is 3. The number of aromatic nitrogens is 1. The number of carbonyl (C=O) groups is 1. The molecule has 0 spiro atoms. The number of pyridine rings is 1. The van der Waals surface area contributed by atoms with Crippen molar-refractivity contribution >= 4 is 11.6 Å². The molecule has 5 rings (SSSR count). The molecule has 1 unspecified atom stereocenters. The average molecular weight is 533 g/mol. The number of nitrogens with zero attached hydrogens (tertiary/aromatic N) is 2. The van der Waals surface area contributed by atoms with Gasteiger partial charge < -0.3 is 24.8 Å². The van der Waals surface area contributed by atoms with E-state index >= 15 is 0 Å². The first-order valence-electron chi connectivity index (χ1n) is 13.2. The highest BCUT2D eigenvalue weighted by molar-refractivity contribution is 5.99. The number of alkyl halides is 2. The van der Waals surface area contributed by atoms with Crippen molar-refractivity contribution in [2.24, 2.45) is 11.8 Å². The van der Waals surface area contributed by atoms with E-state index in [1.54, 1.807) is 17.7 Å². The molecule has 2 saturated heterocycles. The van der Waals surface area contributed by atoms with Crippen molar-refractivity contribution in [2.45, 2.75) is 63.8 Å². The van der Waals surface area contributed by atoms with E-state index in [4.69, 9.17) is 4.74 Å². The lowest BCUT2D eigenvalue weighted by atomic mass is 9.93. The third kappa shape index (κ3) is 5.20. The number of amides is 1. The summed E-state index contributed by atoms with van der Waals surface area (Å²) in [5.74, 6) is -0.623. The van der Waals surface area contributed by atoms with Crippen LogP contribution in [0, 0.1) is 17.7 Å². The molecule has 1 aromatic heterocycles. The van der Waals surface area contributed by atoms with Crippen LogP contribution in [0.25, 0.3) is 0 Å². The molecular formula is C28H35F3N4O3. The Labute approximate surface area is 220 Å². The molecule has 2 aromatic rings. The lowest BCUT2D eigenvalue weighted by Gasteiger charge is -2.36.